The van der Waals surface area contributed by atoms with Crippen LogP contribution in [-0.4, -0.2) is 10.8 Å². The van der Waals surface area contributed by atoms with Gasteiger partial charge in [-0.05, 0) is 30.2 Å². The first-order valence-electron chi connectivity index (χ1n) is 6.69. The van der Waals surface area contributed by atoms with Crippen LogP contribution in [0.3, 0.4) is 0 Å². The molecule has 0 aliphatic heterocycles. The summed E-state index contributed by atoms with van der Waals surface area (Å²) in [5.74, 6) is 0.985. The first kappa shape index (κ1) is 15.0. The second kappa shape index (κ2) is 6.88. The third kappa shape index (κ3) is 4.59. The van der Waals surface area contributed by atoms with Gasteiger partial charge in [-0.25, -0.2) is 9.37 Å². The van der Waals surface area contributed by atoms with Gasteiger partial charge in [0.25, 0.3) is 0 Å². The molecule has 0 saturated carbocycles. The number of aromatic nitrogens is 1. The Morgan fingerprint density at radius 3 is 2.76 bits per heavy atom. The third-order valence-corrected chi connectivity index (χ3v) is 2.65. The monoisotopic (exact) mass is 291 g/mol. The van der Waals surface area contributed by atoms with Crippen molar-refractivity contribution in [3.63, 3.8) is 0 Å². The van der Waals surface area contributed by atoms with E-state index in [1.165, 1.54) is 18.4 Å². The van der Waals surface area contributed by atoms with E-state index >= 15 is 0 Å². The number of hydrogen-bond donors (Lipinski definition) is 1. The molecule has 0 atom stereocenters. The summed E-state index contributed by atoms with van der Waals surface area (Å²) in [5, 5.41) is 3.82. The maximum Gasteiger partial charge on any atom is 0.226 e. The molecule has 0 unspecified atom stereocenters. The summed E-state index contributed by atoms with van der Waals surface area (Å²) in [6, 6.07) is 5.91. The number of nitrogens with two attached hydrogens (primary N) is 1. The topological polar surface area (TPSA) is 73.6 Å². The summed E-state index contributed by atoms with van der Waals surface area (Å²) in [6.45, 7) is 4.27. The summed E-state index contributed by atoms with van der Waals surface area (Å²) in [7, 11) is 0. The molecule has 2 N–H and O–H groups in total. The van der Waals surface area contributed by atoms with E-state index in [0.29, 0.717) is 35.3 Å². The number of amidine groups is 1. The molecule has 0 fully saturated rings. The minimum absolute atomic E-state index is 0.170. The van der Waals surface area contributed by atoms with Gasteiger partial charge in [-0.3, -0.25) is 0 Å². The van der Waals surface area contributed by atoms with E-state index in [4.69, 9.17) is 15.0 Å². The van der Waals surface area contributed by atoms with E-state index in [-0.39, 0.29) is 12.4 Å². The van der Waals surface area contributed by atoms with Crippen LogP contribution in [0.1, 0.15) is 26.0 Å². The molecule has 5 nitrogen and oxygen atoms in total. The number of oxime groups is 1. The van der Waals surface area contributed by atoms with Crippen molar-refractivity contribution >= 4 is 5.84 Å². The standard InChI is InChI=1S/C15H18FN3O2/c1-10(2)7-14(17)19-21-9-13-8-20-15(18-13)11-3-5-12(16)6-4-11/h3-6,8,10H,7,9H2,1-2H3,(H2,17,19). The van der Waals surface area contributed by atoms with Gasteiger partial charge >= 0.3 is 0 Å². The van der Waals surface area contributed by atoms with Crippen molar-refractivity contribution in [3.8, 4) is 11.5 Å². The Kier molecular flexibility index (Phi) is 4.92. The molecule has 0 bridgehead atoms. The maximum atomic E-state index is 12.8. The second-order valence-corrected chi connectivity index (χ2v) is 5.10. The summed E-state index contributed by atoms with van der Waals surface area (Å²) < 4.78 is 18.2. The van der Waals surface area contributed by atoms with Crippen molar-refractivity contribution in [2.24, 2.45) is 16.8 Å². The first-order chi connectivity index (χ1) is 10.0. The average Bonchev–Trinajstić information content (AvgIpc) is 2.87. The lowest BCUT2D eigenvalue weighted by Crippen LogP contribution is -2.14. The second-order valence-electron chi connectivity index (χ2n) is 5.10. The Hall–Kier alpha value is -2.37. The minimum atomic E-state index is -0.302. The third-order valence-electron chi connectivity index (χ3n) is 2.65. The highest BCUT2D eigenvalue weighted by molar-refractivity contribution is 5.79. The smallest absolute Gasteiger partial charge is 0.226 e. The molecule has 2 aromatic rings. The lowest BCUT2D eigenvalue weighted by Gasteiger charge is -2.03. The van der Waals surface area contributed by atoms with Gasteiger partial charge in [0, 0.05) is 12.0 Å². The van der Waals surface area contributed by atoms with Crippen molar-refractivity contribution in [1.29, 1.82) is 0 Å². The van der Waals surface area contributed by atoms with E-state index in [0.717, 1.165) is 0 Å². The zero-order valence-corrected chi connectivity index (χ0v) is 12.0. The fourth-order valence-corrected chi connectivity index (χ4v) is 1.74. The first-order valence-corrected chi connectivity index (χ1v) is 6.69. The fourth-order valence-electron chi connectivity index (χ4n) is 1.74. The fraction of sp³-hybridized carbons (Fsp3) is 0.333. The van der Waals surface area contributed by atoms with Crippen molar-refractivity contribution in [3.05, 3.63) is 42.0 Å². The molecular formula is C15H18FN3O2. The quantitative estimate of drug-likeness (QED) is 0.503. The Morgan fingerprint density at radius 1 is 1.38 bits per heavy atom. The van der Waals surface area contributed by atoms with Crippen LogP contribution in [0.2, 0.25) is 0 Å². The lowest BCUT2D eigenvalue weighted by molar-refractivity contribution is 0.126. The SMILES string of the molecule is CC(C)CC(N)=NOCc1coc(-c2ccc(F)cc2)n1. The zero-order chi connectivity index (χ0) is 15.2. The highest BCUT2D eigenvalue weighted by Crippen LogP contribution is 2.19. The molecule has 112 valence electrons. The predicted octanol–water partition coefficient (Wildman–Crippen LogP) is 3.32. The zero-order valence-electron chi connectivity index (χ0n) is 12.0. The molecule has 0 aliphatic carbocycles. The minimum Gasteiger partial charge on any atom is -0.444 e. The molecule has 6 heteroatoms. The van der Waals surface area contributed by atoms with Gasteiger partial charge in [-0.2, -0.15) is 0 Å². The van der Waals surface area contributed by atoms with Gasteiger partial charge in [0.15, 0.2) is 6.61 Å². The van der Waals surface area contributed by atoms with Crippen LogP contribution in [0, 0.1) is 11.7 Å². The summed E-state index contributed by atoms with van der Waals surface area (Å²) in [5.41, 5.74) is 6.99. The number of halogens is 1. The van der Waals surface area contributed by atoms with E-state index in [2.05, 4.69) is 24.0 Å². The van der Waals surface area contributed by atoms with E-state index < -0.39 is 0 Å². The number of oxazole rings is 1. The molecule has 0 radical (unpaired) electrons. The molecular weight excluding hydrogens is 273 g/mol. The van der Waals surface area contributed by atoms with E-state index in [1.807, 2.05) is 0 Å². The number of benzene rings is 1. The van der Waals surface area contributed by atoms with E-state index in [9.17, 15) is 4.39 Å². The van der Waals surface area contributed by atoms with Crippen LogP contribution >= 0.6 is 0 Å². The molecule has 1 aromatic heterocycles. The van der Waals surface area contributed by atoms with Gasteiger partial charge in [-0.1, -0.05) is 19.0 Å². The van der Waals surface area contributed by atoms with Gasteiger partial charge in [-0.15, -0.1) is 0 Å². The van der Waals surface area contributed by atoms with Crippen molar-refractivity contribution in [2.75, 3.05) is 0 Å². The van der Waals surface area contributed by atoms with Crippen molar-refractivity contribution < 1.29 is 13.6 Å². The average molecular weight is 291 g/mol. The molecule has 0 aliphatic rings. The summed E-state index contributed by atoms with van der Waals surface area (Å²) >= 11 is 0. The highest BCUT2D eigenvalue weighted by Gasteiger charge is 2.07. The van der Waals surface area contributed by atoms with E-state index in [1.54, 1.807) is 12.1 Å². The molecule has 0 spiro atoms. The Balaban J connectivity index is 1.93. The van der Waals surface area contributed by atoms with Crippen LogP contribution in [0.5, 0.6) is 0 Å². The van der Waals surface area contributed by atoms with Crippen LogP contribution in [0.4, 0.5) is 4.39 Å². The van der Waals surface area contributed by atoms with Gasteiger partial charge < -0.3 is 15.0 Å². The summed E-state index contributed by atoms with van der Waals surface area (Å²) in [6.07, 6.45) is 2.16. The number of hydrogen-bond acceptors (Lipinski definition) is 4. The molecule has 1 aromatic carbocycles. The highest BCUT2D eigenvalue weighted by atomic mass is 19.1. The van der Waals surface area contributed by atoms with Gasteiger partial charge in [0.2, 0.25) is 5.89 Å². The molecule has 2 rings (SSSR count). The normalized spacial score (nSPS) is 11.9. The predicted molar refractivity (Wildman–Crippen MR) is 77.8 cm³/mol. The Morgan fingerprint density at radius 2 is 2.10 bits per heavy atom. The summed E-state index contributed by atoms with van der Waals surface area (Å²) in [4.78, 5) is 9.37. The van der Waals surface area contributed by atoms with Crippen LogP contribution in [-0.2, 0) is 11.4 Å². The number of nitrogens with zero attached hydrogens (tertiary/aromatic N) is 2. The lowest BCUT2D eigenvalue weighted by atomic mass is 10.1. The van der Waals surface area contributed by atoms with Gasteiger partial charge in [0.05, 0.1) is 0 Å². The molecule has 0 amide bonds. The van der Waals surface area contributed by atoms with Crippen molar-refractivity contribution in [2.45, 2.75) is 26.9 Å². The van der Waals surface area contributed by atoms with Crippen LogP contribution in [0.25, 0.3) is 11.5 Å². The number of rotatable bonds is 6. The van der Waals surface area contributed by atoms with Crippen LogP contribution in [0.15, 0.2) is 40.1 Å². The Labute approximate surface area is 122 Å². The maximum absolute atomic E-state index is 12.8. The molecule has 1 heterocycles. The largest absolute Gasteiger partial charge is 0.444 e. The van der Waals surface area contributed by atoms with Crippen molar-refractivity contribution in [1.82, 2.24) is 4.98 Å². The van der Waals surface area contributed by atoms with Gasteiger partial charge in [0.1, 0.15) is 23.6 Å². The molecule has 21 heavy (non-hydrogen) atoms. The molecule has 0 saturated heterocycles. The Bertz CT molecular complexity index is 606. The van der Waals surface area contributed by atoms with Crippen LogP contribution < -0.4 is 5.73 Å².